The molecule has 2 heterocycles. The van der Waals surface area contributed by atoms with E-state index in [9.17, 15) is 4.79 Å². The van der Waals surface area contributed by atoms with Crippen LogP contribution in [0.2, 0.25) is 0 Å². The predicted molar refractivity (Wildman–Crippen MR) is 129 cm³/mol. The lowest BCUT2D eigenvalue weighted by Gasteiger charge is -2.10. The van der Waals surface area contributed by atoms with Crippen LogP contribution in [0.5, 0.6) is 0 Å². The van der Waals surface area contributed by atoms with E-state index in [-0.39, 0.29) is 11.7 Å². The number of benzene rings is 2. The Morgan fingerprint density at radius 1 is 0.969 bits per heavy atom. The quantitative estimate of drug-likeness (QED) is 0.351. The molecule has 32 heavy (non-hydrogen) atoms. The van der Waals surface area contributed by atoms with Crippen LogP contribution in [0.15, 0.2) is 84.3 Å². The van der Waals surface area contributed by atoms with Crippen molar-refractivity contribution in [1.82, 2.24) is 19.7 Å². The van der Waals surface area contributed by atoms with Crippen molar-refractivity contribution in [3.63, 3.8) is 0 Å². The van der Waals surface area contributed by atoms with Crippen LogP contribution < -0.4 is 5.32 Å². The first-order valence-electron chi connectivity index (χ1n) is 10.7. The Bertz CT molecular complexity index is 1140. The minimum absolute atomic E-state index is 0.0793. The van der Waals surface area contributed by atoms with Crippen LogP contribution in [0.3, 0.4) is 0 Å². The Kier molecular flexibility index (Phi) is 7.30. The number of carbonyl (C=O) groups excluding carboxylic acids is 1. The molecule has 2 aromatic carbocycles. The van der Waals surface area contributed by atoms with Crippen LogP contribution in [0.1, 0.15) is 25.3 Å². The standard InChI is InChI=1S/C25H25N5OS/c1-2-3-7-19-10-12-21(13-11-19)27-23(31)18-32-25-29-28-24(20-14-16-26-17-15-20)30(25)22-8-5-4-6-9-22/h4-6,8-17H,2-3,7,18H2,1H3,(H,27,31). The van der Waals surface area contributed by atoms with Crippen molar-refractivity contribution in [3.05, 3.63) is 84.7 Å². The van der Waals surface area contributed by atoms with Crippen molar-refractivity contribution in [2.75, 3.05) is 11.1 Å². The number of nitrogens with one attached hydrogen (secondary N) is 1. The van der Waals surface area contributed by atoms with Crippen LogP contribution in [0.25, 0.3) is 17.1 Å². The summed E-state index contributed by atoms with van der Waals surface area (Å²) in [4.78, 5) is 16.7. The first-order chi connectivity index (χ1) is 15.7. The first-order valence-corrected chi connectivity index (χ1v) is 11.7. The second-order valence-electron chi connectivity index (χ2n) is 7.35. The summed E-state index contributed by atoms with van der Waals surface area (Å²) >= 11 is 1.36. The Labute approximate surface area is 192 Å². The molecule has 162 valence electrons. The molecule has 0 bridgehead atoms. The second-order valence-corrected chi connectivity index (χ2v) is 8.29. The van der Waals surface area contributed by atoms with Gasteiger partial charge in [-0.05, 0) is 54.8 Å². The molecule has 0 fully saturated rings. The number of anilines is 1. The molecule has 0 aliphatic rings. The van der Waals surface area contributed by atoms with Crippen LogP contribution in [-0.2, 0) is 11.2 Å². The molecule has 0 radical (unpaired) electrons. The molecule has 0 saturated heterocycles. The monoisotopic (exact) mass is 443 g/mol. The van der Waals surface area contributed by atoms with Gasteiger partial charge in [-0.15, -0.1) is 10.2 Å². The van der Waals surface area contributed by atoms with Gasteiger partial charge in [-0.3, -0.25) is 14.3 Å². The lowest BCUT2D eigenvalue weighted by atomic mass is 10.1. The number of rotatable bonds is 9. The number of pyridine rings is 1. The normalized spacial score (nSPS) is 10.8. The zero-order chi connectivity index (χ0) is 22.2. The van der Waals surface area contributed by atoms with E-state index in [1.54, 1.807) is 12.4 Å². The van der Waals surface area contributed by atoms with Gasteiger partial charge in [-0.1, -0.05) is 55.4 Å². The van der Waals surface area contributed by atoms with Crippen molar-refractivity contribution in [1.29, 1.82) is 0 Å². The number of aryl methyl sites for hydroxylation is 1. The smallest absolute Gasteiger partial charge is 0.234 e. The summed E-state index contributed by atoms with van der Waals surface area (Å²) in [6, 6.07) is 21.8. The lowest BCUT2D eigenvalue weighted by molar-refractivity contribution is -0.113. The molecule has 0 aliphatic carbocycles. The number of thioether (sulfide) groups is 1. The van der Waals surface area contributed by atoms with E-state index in [2.05, 4.69) is 39.6 Å². The highest BCUT2D eigenvalue weighted by molar-refractivity contribution is 7.99. The van der Waals surface area contributed by atoms with Gasteiger partial charge in [0.25, 0.3) is 0 Å². The molecule has 2 aromatic heterocycles. The predicted octanol–water partition coefficient (Wildman–Crippen LogP) is 5.40. The highest BCUT2D eigenvalue weighted by Gasteiger charge is 2.17. The summed E-state index contributed by atoms with van der Waals surface area (Å²) in [7, 11) is 0. The molecule has 0 aliphatic heterocycles. The second kappa shape index (κ2) is 10.7. The number of aromatic nitrogens is 4. The van der Waals surface area contributed by atoms with Crippen molar-refractivity contribution in [2.24, 2.45) is 0 Å². The molecular weight excluding hydrogens is 418 g/mol. The molecule has 1 amide bonds. The molecule has 0 unspecified atom stereocenters. The molecule has 7 heteroatoms. The fourth-order valence-electron chi connectivity index (χ4n) is 3.32. The number of nitrogens with zero attached hydrogens (tertiary/aromatic N) is 4. The number of unbranched alkanes of at least 4 members (excludes halogenated alkanes) is 1. The average Bonchev–Trinajstić information content (AvgIpc) is 3.27. The van der Waals surface area contributed by atoms with Crippen LogP contribution in [0, 0.1) is 0 Å². The Balaban J connectivity index is 1.47. The maximum atomic E-state index is 12.6. The molecule has 4 aromatic rings. The van der Waals surface area contributed by atoms with Gasteiger partial charge < -0.3 is 5.32 Å². The van der Waals surface area contributed by atoms with Crippen molar-refractivity contribution < 1.29 is 4.79 Å². The van der Waals surface area contributed by atoms with E-state index in [0.29, 0.717) is 11.0 Å². The number of amides is 1. The Morgan fingerprint density at radius 3 is 2.44 bits per heavy atom. The number of carbonyl (C=O) groups is 1. The van der Waals surface area contributed by atoms with Crippen LogP contribution in [-0.4, -0.2) is 31.4 Å². The lowest BCUT2D eigenvalue weighted by Crippen LogP contribution is -2.14. The van der Waals surface area contributed by atoms with Gasteiger partial charge in [0.05, 0.1) is 5.75 Å². The van der Waals surface area contributed by atoms with E-state index in [0.717, 1.165) is 23.4 Å². The number of para-hydroxylation sites is 1. The Hall–Kier alpha value is -3.45. The molecule has 0 saturated carbocycles. The highest BCUT2D eigenvalue weighted by atomic mass is 32.2. The van der Waals surface area contributed by atoms with Gasteiger partial charge in [0, 0.05) is 29.3 Å². The maximum absolute atomic E-state index is 12.6. The third-order valence-electron chi connectivity index (χ3n) is 4.98. The van der Waals surface area contributed by atoms with Gasteiger partial charge >= 0.3 is 0 Å². The van der Waals surface area contributed by atoms with Gasteiger partial charge in [0.2, 0.25) is 5.91 Å². The van der Waals surface area contributed by atoms with E-state index in [4.69, 9.17) is 0 Å². The number of hydrogen-bond donors (Lipinski definition) is 1. The van der Waals surface area contributed by atoms with Gasteiger partial charge in [-0.2, -0.15) is 0 Å². The molecule has 1 N–H and O–H groups in total. The van der Waals surface area contributed by atoms with Crippen LogP contribution in [0.4, 0.5) is 5.69 Å². The minimum atomic E-state index is -0.0793. The first kappa shape index (κ1) is 21.8. The fraction of sp³-hybridized carbons (Fsp3) is 0.200. The molecular formula is C25H25N5OS. The average molecular weight is 444 g/mol. The van der Waals surface area contributed by atoms with Gasteiger partial charge in [-0.25, -0.2) is 0 Å². The third kappa shape index (κ3) is 5.42. The third-order valence-corrected chi connectivity index (χ3v) is 5.90. The summed E-state index contributed by atoms with van der Waals surface area (Å²) in [5, 5.41) is 12.4. The summed E-state index contributed by atoms with van der Waals surface area (Å²) in [5.41, 5.74) is 3.95. The molecule has 4 rings (SSSR count). The Morgan fingerprint density at radius 2 is 1.72 bits per heavy atom. The van der Waals surface area contributed by atoms with Crippen molar-refractivity contribution in [2.45, 2.75) is 31.3 Å². The van der Waals surface area contributed by atoms with Crippen molar-refractivity contribution >= 4 is 23.4 Å². The largest absolute Gasteiger partial charge is 0.325 e. The summed E-state index contributed by atoms with van der Waals surface area (Å²) in [6.07, 6.45) is 6.87. The summed E-state index contributed by atoms with van der Waals surface area (Å²) < 4.78 is 1.97. The molecule has 0 atom stereocenters. The van der Waals surface area contributed by atoms with E-state index < -0.39 is 0 Å². The van der Waals surface area contributed by atoms with Gasteiger partial charge in [0.1, 0.15) is 0 Å². The van der Waals surface area contributed by atoms with Crippen LogP contribution >= 0.6 is 11.8 Å². The summed E-state index contributed by atoms with van der Waals surface area (Å²) in [6.45, 7) is 2.19. The zero-order valence-corrected chi connectivity index (χ0v) is 18.8. The fourth-order valence-corrected chi connectivity index (χ4v) is 4.08. The minimum Gasteiger partial charge on any atom is -0.325 e. The number of hydrogen-bond acceptors (Lipinski definition) is 5. The van der Waals surface area contributed by atoms with Crippen molar-refractivity contribution in [3.8, 4) is 17.1 Å². The molecule has 6 nitrogen and oxygen atoms in total. The topological polar surface area (TPSA) is 72.7 Å². The van der Waals surface area contributed by atoms with E-state index >= 15 is 0 Å². The van der Waals surface area contributed by atoms with E-state index in [1.165, 1.54) is 30.2 Å². The van der Waals surface area contributed by atoms with Gasteiger partial charge in [0.15, 0.2) is 11.0 Å². The highest BCUT2D eigenvalue weighted by Crippen LogP contribution is 2.27. The maximum Gasteiger partial charge on any atom is 0.234 e. The zero-order valence-electron chi connectivity index (χ0n) is 17.9. The summed E-state index contributed by atoms with van der Waals surface area (Å²) in [5.74, 6) is 0.868. The molecule has 0 spiro atoms. The van der Waals surface area contributed by atoms with E-state index in [1.807, 2.05) is 59.2 Å². The SMILES string of the molecule is CCCCc1ccc(NC(=O)CSc2nnc(-c3ccncc3)n2-c2ccccc2)cc1.